The molecule has 4 nitrogen and oxygen atoms in total. The lowest BCUT2D eigenvalue weighted by molar-refractivity contribution is 0.106. The van der Waals surface area contributed by atoms with Gasteiger partial charge in [-0.25, -0.2) is 0 Å². The van der Waals surface area contributed by atoms with Crippen molar-refractivity contribution in [3.05, 3.63) is 27.7 Å². The van der Waals surface area contributed by atoms with Crippen LogP contribution in [0.5, 0.6) is 5.75 Å². The van der Waals surface area contributed by atoms with Crippen molar-refractivity contribution in [1.82, 2.24) is 0 Å². The van der Waals surface area contributed by atoms with E-state index in [1.54, 1.807) is 6.07 Å². The van der Waals surface area contributed by atoms with Gasteiger partial charge in [0, 0.05) is 12.0 Å². The van der Waals surface area contributed by atoms with Gasteiger partial charge in [0.1, 0.15) is 11.5 Å². The quantitative estimate of drug-likeness (QED) is 0.627. The summed E-state index contributed by atoms with van der Waals surface area (Å²) in [5, 5.41) is 11.6. The maximum absolute atomic E-state index is 11.6. The predicted octanol–water partition coefficient (Wildman–Crippen LogP) is 2.03. The summed E-state index contributed by atoms with van der Waals surface area (Å²) in [5.41, 5.74) is 1.56. The number of oxime groups is 1. The Hall–Kier alpha value is -1.36. The molecule has 0 spiro atoms. The molecular formula is C10H8BrNO3. The first-order chi connectivity index (χ1) is 7.17. The zero-order chi connectivity index (χ0) is 11.0. The van der Waals surface area contributed by atoms with Crippen LogP contribution in [0.1, 0.15) is 15.9 Å². The van der Waals surface area contributed by atoms with E-state index in [0.29, 0.717) is 17.7 Å². The molecule has 5 heteroatoms. The molecular weight excluding hydrogens is 262 g/mol. The predicted molar refractivity (Wildman–Crippen MR) is 58.0 cm³/mol. The first kappa shape index (κ1) is 10.2. The molecule has 0 heterocycles. The summed E-state index contributed by atoms with van der Waals surface area (Å²) in [6.45, 7) is 0. The van der Waals surface area contributed by atoms with Crippen LogP contribution in [0.25, 0.3) is 0 Å². The van der Waals surface area contributed by atoms with Crippen LogP contribution in [0, 0.1) is 0 Å². The second-order valence-electron chi connectivity index (χ2n) is 3.20. The molecule has 0 amide bonds. The largest absolute Gasteiger partial charge is 0.496 e. The molecule has 0 unspecified atom stereocenters. The summed E-state index contributed by atoms with van der Waals surface area (Å²) in [4.78, 5) is 11.6. The number of Topliss-reactive ketones (excluding diaryl/α,β-unsaturated/α-hetero) is 1. The number of fused-ring (bicyclic) bond motifs is 1. The van der Waals surface area contributed by atoms with Crippen molar-refractivity contribution < 1.29 is 14.7 Å². The lowest BCUT2D eigenvalue weighted by Crippen LogP contribution is -2.06. The molecule has 0 aromatic heterocycles. The molecule has 0 atom stereocenters. The zero-order valence-corrected chi connectivity index (χ0v) is 9.54. The maximum Gasteiger partial charge on any atom is 0.211 e. The summed E-state index contributed by atoms with van der Waals surface area (Å²) in [6.07, 6.45) is 0.368. The van der Waals surface area contributed by atoms with Crippen LogP contribution in [0.4, 0.5) is 0 Å². The highest BCUT2D eigenvalue weighted by Crippen LogP contribution is 2.32. The Morgan fingerprint density at radius 2 is 2.27 bits per heavy atom. The Morgan fingerprint density at radius 1 is 1.53 bits per heavy atom. The van der Waals surface area contributed by atoms with Gasteiger partial charge in [0.05, 0.1) is 11.6 Å². The van der Waals surface area contributed by atoms with Crippen LogP contribution in [0.15, 0.2) is 21.8 Å². The summed E-state index contributed by atoms with van der Waals surface area (Å²) >= 11 is 3.33. The Bertz CT molecular complexity index is 468. The highest BCUT2D eigenvalue weighted by Gasteiger charge is 2.28. The minimum Gasteiger partial charge on any atom is -0.496 e. The third-order valence-corrected chi connectivity index (χ3v) is 2.98. The van der Waals surface area contributed by atoms with E-state index in [1.807, 2.05) is 6.07 Å². The number of carbonyl (C=O) groups is 1. The maximum atomic E-state index is 11.6. The van der Waals surface area contributed by atoms with E-state index >= 15 is 0 Å². The fourth-order valence-electron chi connectivity index (χ4n) is 1.61. The number of hydrogen-bond acceptors (Lipinski definition) is 4. The summed E-state index contributed by atoms with van der Waals surface area (Å²) in [5.74, 6) is 0.361. The Kier molecular flexibility index (Phi) is 2.48. The molecule has 0 bridgehead atoms. The zero-order valence-electron chi connectivity index (χ0n) is 7.95. The van der Waals surface area contributed by atoms with E-state index in [2.05, 4.69) is 21.1 Å². The fraction of sp³-hybridized carbons (Fsp3) is 0.200. The number of nitrogens with zero attached hydrogens (tertiary/aromatic N) is 1. The third kappa shape index (κ3) is 1.52. The number of benzene rings is 1. The second-order valence-corrected chi connectivity index (χ2v) is 4.05. The minimum atomic E-state index is -0.238. The highest BCUT2D eigenvalue weighted by molar-refractivity contribution is 9.10. The number of methoxy groups -OCH3 is 1. The molecule has 1 aliphatic rings. The number of rotatable bonds is 1. The topological polar surface area (TPSA) is 58.9 Å². The normalized spacial score (nSPS) is 16.9. The van der Waals surface area contributed by atoms with Crippen molar-refractivity contribution in [1.29, 1.82) is 0 Å². The molecule has 1 aromatic rings. The summed E-state index contributed by atoms with van der Waals surface area (Å²) in [7, 11) is 1.53. The van der Waals surface area contributed by atoms with Gasteiger partial charge in [-0.2, -0.15) is 0 Å². The van der Waals surface area contributed by atoms with Gasteiger partial charge in [0.25, 0.3) is 0 Å². The SMILES string of the molecule is COc1cc2c(cc1Br)C/C(=N\O)C2=O. The van der Waals surface area contributed by atoms with Gasteiger partial charge in [-0.05, 0) is 33.6 Å². The van der Waals surface area contributed by atoms with Crippen LogP contribution in [0.2, 0.25) is 0 Å². The fourth-order valence-corrected chi connectivity index (χ4v) is 2.16. The molecule has 1 aromatic carbocycles. The molecule has 15 heavy (non-hydrogen) atoms. The van der Waals surface area contributed by atoms with E-state index in [-0.39, 0.29) is 11.5 Å². The van der Waals surface area contributed by atoms with Crippen molar-refractivity contribution in [3.8, 4) is 5.75 Å². The van der Waals surface area contributed by atoms with Crippen LogP contribution >= 0.6 is 15.9 Å². The van der Waals surface area contributed by atoms with E-state index < -0.39 is 0 Å². The lowest BCUT2D eigenvalue weighted by Gasteiger charge is -2.04. The number of halogens is 1. The third-order valence-electron chi connectivity index (χ3n) is 2.36. The van der Waals surface area contributed by atoms with Gasteiger partial charge in [-0.3, -0.25) is 4.79 Å². The van der Waals surface area contributed by atoms with Crippen molar-refractivity contribution in [2.45, 2.75) is 6.42 Å². The van der Waals surface area contributed by atoms with Gasteiger partial charge >= 0.3 is 0 Å². The summed E-state index contributed by atoms with van der Waals surface area (Å²) < 4.78 is 5.87. The molecule has 78 valence electrons. The number of ether oxygens (including phenoxy) is 1. The first-order valence-electron chi connectivity index (χ1n) is 4.29. The van der Waals surface area contributed by atoms with Gasteiger partial charge in [-0.1, -0.05) is 5.16 Å². The van der Waals surface area contributed by atoms with E-state index in [9.17, 15) is 4.79 Å². The molecule has 2 rings (SSSR count). The van der Waals surface area contributed by atoms with Gasteiger partial charge < -0.3 is 9.94 Å². The van der Waals surface area contributed by atoms with Gasteiger partial charge in [-0.15, -0.1) is 0 Å². The molecule has 0 saturated carbocycles. The molecule has 0 aliphatic heterocycles. The number of carbonyl (C=O) groups excluding carboxylic acids is 1. The van der Waals surface area contributed by atoms with Crippen LogP contribution in [0.3, 0.4) is 0 Å². The van der Waals surface area contributed by atoms with Crippen LogP contribution < -0.4 is 4.74 Å². The Morgan fingerprint density at radius 3 is 2.87 bits per heavy atom. The lowest BCUT2D eigenvalue weighted by atomic mass is 10.1. The Labute approximate surface area is 94.7 Å². The van der Waals surface area contributed by atoms with E-state index in [0.717, 1.165) is 10.0 Å². The average molecular weight is 270 g/mol. The molecule has 1 N–H and O–H groups in total. The summed E-state index contributed by atoms with van der Waals surface area (Å²) in [6, 6.07) is 3.46. The monoisotopic (exact) mass is 269 g/mol. The molecule has 0 radical (unpaired) electrons. The molecule has 1 aliphatic carbocycles. The van der Waals surface area contributed by atoms with Crippen molar-refractivity contribution >= 4 is 27.4 Å². The number of ketones is 1. The standard InChI is InChI=1S/C10H8BrNO3/c1-15-9-4-6-5(2-7(9)11)3-8(12-14)10(6)13/h2,4,14H,3H2,1H3/b12-8+. The van der Waals surface area contributed by atoms with E-state index in [1.165, 1.54) is 7.11 Å². The van der Waals surface area contributed by atoms with Crippen molar-refractivity contribution in [2.75, 3.05) is 7.11 Å². The van der Waals surface area contributed by atoms with Crippen molar-refractivity contribution in [3.63, 3.8) is 0 Å². The average Bonchev–Trinajstić information content (AvgIpc) is 2.54. The van der Waals surface area contributed by atoms with Crippen molar-refractivity contribution in [2.24, 2.45) is 5.16 Å². The Balaban J connectivity index is 2.57. The first-order valence-corrected chi connectivity index (χ1v) is 5.08. The van der Waals surface area contributed by atoms with Crippen LogP contribution in [-0.2, 0) is 6.42 Å². The van der Waals surface area contributed by atoms with Crippen LogP contribution in [-0.4, -0.2) is 23.8 Å². The van der Waals surface area contributed by atoms with E-state index in [4.69, 9.17) is 9.94 Å². The van der Waals surface area contributed by atoms with Gasteiger partial charge in [0.15, 0.2) is 0 Å². The molecule has 0 fully saturated rings. The number of hydrogen-bond donors (Lipinski definition) is 1. The smallest absolute Gasteiger partial charge is 0.211 e. The second kappa shape index (κ2) is 3.66. The highest BCUT2D eigenvalue weighted by atomic mass is 79.9. The van der Waals surface area contributed by atoms with Gasteiger partial charge in [0.2, 0.25) is 5.78 Å². The molecule has 0 saturated heterocycles. The minimum absolute atomic E-state index is 0.171.